The molecule has 1 aliphatic carbocycles. The van der Waals surface area contributed by atoms with E-state index in [1.165, 1.54) is 14.2 Å². The number of alkyl carbamates (subject to hydrolysis) is 2. The highest BCUT2D eigenvalue weighted by atomic mass is 16.5. The zero-order valence-electron chi connectivity index (χ0n) is 29.7. The van der Waals surface area contributed by atoms with Gasteiger partial charge in [0.15, 0.2) is 0 Å². The van der Waals surface area contributed by atoms with Crippen LogP contribution in [0.15, 0.2) is 54.9 Å². The SMILES string of the molecule is COC(=O)NCC(=O)NCCCCc1ncc(-c2ccc3cc(-c4cc5nc(C6CCCN6C(=O)C(NC(=O)OC)C6CC6)[nH]c5cn4)ccc3c2)[nH]1. The minimum absolute atomic E-state index is 0.0874. The van der Waals surface area contributed by atoms with Crippen molar-refractivity contribution in [3.8, 4) is 22.5 Å². The van der Waals surface area contributed by atoms with Crippen molar-refractivity contribution in [2.24, 2.45) is 5.92 Å². The molecule has 276 valence electrons. The van der Waals surface area contributed by atoms with Crippen LogP contribution in [0.1, 0.15) is 56.2 Å². The van der Waals surface area contributed by atoms with Crippen molar-refractivity contribution in [2.75, 3.05) is 33.9 Å². The number of aromatic nitrogens is 5. The molecule has 0 bridgehead atoms. The van der Waals surface area contributed by atoms with Crippen LogP contribution in [0, 0.1) is 5.92 Å². The van der Waals surface area contributed by atoms with Gasteiger partial charge < -0.3 is 40.3 Å². The maximum atomic E-state index is 13.6. The first-order chi connectivity index (χ1) is 25.8. The number of rotatable bonds is 13. The molecule has 2 aromatic carbocycles. The van der Waals surface area contributed by atoms with Crippen molar-refractivity contribution in [3.05, 3.63) is 66.5 Å². The lowest BCUT2D eigenvalue weighted by molar-refractivity contribution is -0.135. The highest BCUT2D eigenvalue weighted by Crippen LogP contribution is 2.38. The Morgan fingerprint density at radius 3 is 2.43 bits per heavy atom. The number of ether oxygens (including phenoxy) is 2. The molecular weight excluding hydrogens is 678 g/mol. The quantitative estimate of drug-likeness (QED) is 0.107. The van der Waals surface area contributed by atoms with E-state index in [2.05, 4.69) is 72.0 Å². The first kappa shape index (κ1) is 35.4. The fourth-order valence-corrected chi connectivity index (χ4v) is 6.88. The number of pyridine rings is 1. The van der Waals surface area contributed by atoms with Crippen LogP contribution in [0.25, 0.3) is 44.3 Å². The van der Waals surface area contributed by atoms with Crippen LogP contribution < -0.4 is 16.0 Å². The molecule has 15 nitrogen and oxygen atoms in total. The number of aromatic amines is 2. The van der Waals surface area contributed by atoms with Crippen molar-refractivity contribution in [3.63, 3.8) is 0 Å². The molecule has 5 N–H and O–H groups in total. The summed E-state index contributed by atoms with van der Waals surface area (Å²) in [5, 5.41) is 10.0. The predicted octanol–water partition coefficient (Wildman–Crippen LogP) is 4.76. The van der Waals surface area contributed by atoms with Gasteiger partial charge in [0.2, 0.25) is 11.8 Å². The minimum Gasteiger partial charge on any atom is -0.453 e. The number of hydrogen-bond donors (Lipinski definition) is 5. The Morgan fingerprint density at radius 2 is 1.66 bits per heavy atom. The van der Waals surface area contributed by atoms with Gasteiger partial charge in [0.1, 0.15) is 17.7 Å². The minimum atomic E-state index is -0.638. The summed E-state index contributed by atoms with van der Waals surface area (Å²) in [5.74, 6) is 1.39. The van der Waals surface area contributed by atoms with Crippen LogP contribution in [0.5, 0.6) is 0 Å². The van der Waals surface area contributed by atoms with E-state index in [4.69, 9.17) is 14.7 Å². The summed E-state index contributed by atoms with van der Waals surface area (Å²) in [6, 6.07) is 13.7. The van der Waals surface area contributed by atoms with Crippen LogP contribution in [0.2, 0.25) is 0 Å². The van der Waals surface area contributed by atoms with E-state index >= 15 is 0 Å². The number of benzene rings is 2. The summed E-state index contributed by atoms with van der Waals surface area (Å²) in [5.41, 5.74) is 5.30. The standard InChI is InChI=1S/C38H43N9O6/c1-52-37(50)42-21-33(48)39-14-4-3-7-32-41-19-29(43-32)26-13-11-23-16-25(12-10-24(23)17-26)27-18-28-30(20-40-27)45-35(44-28)31-6-5-15-47(31)36(49)34(22-8-9-22)46-38(51)53-2/h10-13,16-20,22,31,34H,3-9,14-15,21H2,1-2H3,(H,39,48)(H,41,43)(H,42,50)(H,44,45)(H,46,51). The van der Waals surface area contributed by atoms with Crippen molar-refractivity contribution >= 4 is 45.8 Å². The fraction of sp³-hybridized carbons (Fsp3) is 0.395. The van der Waals surface area contributed by atoms with Crippen molar-refractivity contribution < 1.29 is 28.7 Å². The van der Waals surface area contributed by atoms with E-state index in [1.54, 1.807) is 6.20 Å². The largest absolute Gasteiger partial charge is 0.453 e. The molecule has 3 aromatic heterocycles. The number of unbranched alkanes of at least 4 members (excludes halogenated alkanes) is 1. The Bertz CT molecular complexity index is 2140. The number of H-pyrrole nitrogens is 2. The van der Waals surface area contributed by atoms with Crippen LogP contribution in [-0.2, 0) is 25.5 Å². The fourth-order valence-electron chi connectivity index (χ4n) is 6.88. The molecule has 0 radical (unpaired) electrons. The lowest BCUT2D eigenvalue weighted by Crippen LogP contribution is -2.49. The summed E-state index contributed by atoms with van der Waals surface area (Å²) in [6.45, 7) is 1.00. The van der Waals surface area contributed by atoms with E-state index in [-0.39, 0.29) is 30.3 Å². The van der Waals surface area contributed by atoms with Gasteiger partial charge in [0.25, 0.3) is 0 Å². The second-order valence-corrected chi connectivity index (χ2v) is 13.5. The Balaban J connectivity index is 0.978. The van der Waals surface area contributed by atoms with E-state index < -0.39 is 18.2 Å². The molecule has 5 aromatic rings. The molecule has 53 heavy (non-hydrogen) atoms. The average molecular weight is 722 g/mol. The van der Waals surface area contributed by atoms with Crippen LogP contribution in [0.3, 0.4) is 0 Å². The lowest BCUT2D eigenvalue weighted by Gasteiger charge is -2.28. The van der Waals surface area contributed by atoms with Gasteiger partial charge in [-0.2, -0.15) is 0 Å². The second-order valence-electron chi connectivity index (χ2n) is 13.5. The van der Waals surface area contributed by atoms with Gasteiger partial charge in [0.05, 0.1) is 61.6 Å². The van der Waals surface area contributed by atoms with Gasteiger partial charge in [-0.1, -0.05) is 24.3 Å². The summed E-state index contributed by atoms with van der Waals surface area (Å²) in [6.07, 6.45) is 8.23. The monoisotopic (exact) mass is 721 g/mol. The van der Waals surface area contributed by atoms with Gasteiger partial charge in [-0.25, -0.2) is 19.6 Å². The number of carbonyl (C=O) groups is 4. The molecule has 2 fully saturated rings. The first-order valence-corrected chi connectivity index (χ1v) is 18.0. The maximum Gasteiger partial charge on any atom is 0.407 e. The number of likely N-dealkylation sites (tertiary alicyclic amines) is 1. The Kier molecular flexibility index (Phi) is 10.5. The number of methoxy groups -OCH3 is 2. The topological polar surface area (TPSA) is 196 Å². The van der Waals surface area contributed by atoms with Crippen molar-refractivity contribution in [2.45, 2.75) is 57.0 Å². The molecule has 2 unspecified atom stereocenters. The van der Waals surface area contributed by atoms with Gasteiger partial charge >= 0.3 is 12.2 Å². The number of nitrogens with one attached hydrogen (secondary N) is 5. The van der Waals surface area contributed by atoms with Gasteiger partial charge in [-0.15, -0.1) is 0 Å². The van der Waals surface area contributed by atoms with Crippen LogP contribution >= 0.6 is 0 Å². The maximum absolute atomic E-state index is 13.6. The third-order valence-electron chi connectivity index (χ3n) is 9.87. The van der Waals surface area contributed by atoms with E-state index in [1.807, 2.05) is 17.2 Å². The van der Waals surface area contributed by atoms with E-state index in [0.717, 1.165) is 101 Å². The highest BCUT2D eigenvalue weighted by Gasteiger charge is 2.43. The molecule has 15 heteroatoms. The number of imidazole rings is 2. The van der Waals surface area contributed by atoms with Gasteiger partial charge in [0, 0.05) is 30.6 Å². The van der Waals surface area contributed by atoms with E-state index in [0.29, 0.717) is 13.1 Å². The number of fused-ring (bicyclic) bond motifs is 2. The smallest absolute Gasteiger partial charge is 0.407 e. The number of hydrogen-bond acceptors (Lipinski definition) is 9. The molecular formula is C38H43N9O6. The Labute approximate surface area is 305 Å². The molecule has 0 spiro atoms. The van der Waals surface area contributed by atoms with Crippen LogP contribution in [0.4, 0.5) is 9.59 Å². The predicted molar refractivity (Wildman–Crippen MR) is 197 cm³/mol. The van der Waals surface area contributed by atoms with Crippen molar-refractivity contribution in [1.29, 1.82) is 0 Å². The molecule has 4 amide bonds. The highest BCUT2D eigenvalue weighted by molar-refractivity contribution is 5.91. The molecule has 1 saturated heterocycles. The van der Waals surface area contributed by atoms with Gasteiger partial charge in [-0.3, -0.25) is 14.6 Å². The molecule has 1 aliphatic heterocycles. The number of nitrogens with zero attached hydrogens (tertiary/aromatic N) is 4. The summed E-state index contributed by atoms with van der Waals surface area (Å²) in [7, 11) is 2.56. The number of carbonyl (C=O) groups excluding carboxylic acids is 4. The molecule has 1 saturated carbocycles. The van der Waals surface area contributed by atoms with Crippen LogP contribution in [-0.4, -0.2) is 93.7 Å². The lowest BCUT2D eigenvalue weighted by atomic mass is 10.0. The van der Waals surface area contributed by atoms with Crippen molar-refractivity contribution in [1.82, 2.24) is 45.8 Å². The summed E-state index contributed by atoms with van der Waals surface area (Å²) >= 11 is 0. The molecule has 7 rings (SSSR count). The summed E-state index contributed by atoms with van der Waals surface area (Å²) < 4.78 is 9.24. The van der Waals surface area contributed by atoms with Gasteiger partial charge in [-0.05, 0) is 73.4 Å². The second kappa shape index (κ2) is 15.7. The Morgan fingerprint density at radius 1 is 0.887 bits per heavy atom. The first-order valence-electron chi connectivity index (χ1n) is 18.0. The van der Waals surface area contributed by atoms with E-state index in [9.17, 15) is 19.2 Å². The molecule has 4 heterocycles. The third-order valence-corrected chi connectivity index (χ3v) is 9.87. The third kappa shape index (κ3) is 8.24. The number of amides is 4. The number of aryl methyl sites for hydroxylation is 1. The average Bonchev–Trinajstić information content (AvgIpc) is 3.51. The Hall–Kier alpha value is -5.99. The normalized spacial score (nSPS) is 16.0. The molecule has 2 atom stereocenters. The summed E-state index contributed by atoms with van der Waals surface area (Å²) in [4.78, 5) is 71.3. The molecule has 2 aliphatic rings. The zero-order chi connectivity index (χ0) is 36.9. The zero-order valence-corrected chi connectivity index (χ0v) is 29.7.